The zero-order valence-electron chi connectivity index (χ0n) is 15.9. The SMILES string of the molecule is CNC(=O)c1ccc(OC)c(NC(=O)[C@H](Cc2ccccc2)n2cccc2)c1. The number of rotatable bonds is 7. The standard InChI is InChI=1S/C22H23N3O3/c1-23-21(26)17-10-11-20(28-2)18(15-17)24-22(27)19(25-12-6-7-13-25)14-16-8-4-3-5-9-16/h3-13,15,19H,14H2,1-2H3,(H,23,26)(H,24,27)/t19-/m0/s1. The Balaban J connectivity index is 1.88. The van der Waals surface area contributed by atoms with E-state index in [0.29, 0.717) is 23.4 Å². The zero-order chi connectivity index (χ0) is 19.9. The number of nitrogens with zero attached hydrogens (tertiary/aromatic N) is 1. The van der Waals surface area contributed by atoms with Gasteiger partial charge in [-0.25, -0.2) is 0 Å². The van der Waals surface area contributed by atoms with Gasteiger partial charge in [-0.05, 0) is 35.9 Å². The maximum Gasteiger partial charge on any atom is 0.251 e. The lowest BCUT2D eigenvalue weighted by Gasteiger charge is -2.20. The molecule has 0 fully saturated rings. The van der Waals surface area contributed by atoms with Crippen molar-refractivity contribution in [3.05, 3.63) is 84.2 Å². The topological polar surface area (TPSA) is 72.4 Å². The van der Waals surface area contributed by atoms with E-state index >= 15 is 0 Å². The summed E-state index contributed by atoms with van der Waals surface area (Å²) in [7, 11) is 3.09. The maximum absolute atomic E-state index is 13.1. The van der Waals surface area contributed by atoms with E-state index in [-0.39, 0.29) is 11.8 Å². The summed E-state index contributed by atoms with van der Waals surface area (Å²) in [6.45, 7) is 0. The van der Waals surface area contributed by atoms with Crippen LogP contribution in [0.15, 0.2) is 73.1 Å². The molecule has 1 aromatic heterocycles. The summed E-state index contributed by atoms with van der Waals surface area (Å²) in [5.74, 6) is 0.0729. The fraction of sp³-hybridized carbons (Fsp3) is 0.182. The molecule has 3 rings (SSSR count). The highest BCUT2D eigenvalue weighted by atomic mass is 16.5. The molecular weight excluding hydrogens is 354 g/mol. The van der Waals surface area contributed by atoms with E-state index in [1.807, 2.05) is 59.4 Å². The summed E-state index contributed by atoms with van der Waals surface area (Å²) in [5.41, 5.74) is 1.96. The number of amides is 2. The molecule has 0 spiro atoms. The van der Waals surface area contributed by atoms with Gasteiger partial charge in [-0.1, -0.05) is 30.3 Å². The smallest absolute Gasteiger partial charge is 0.251 e. The number of carbonyl (C=O) groups excluding carboxylic acids is 2. The third-order valence-electron chi connectivity index (χ3n) is 4.51. The Morgan fingerprint density at radius 2 is 1.75 bits per heavy atom. The van der Waals surface area contributed by atoms with Crippen LogP contribution >= 0.6 is 0 Å². The Morgan fingerprint density at radius 3 is 2.39 bits per heavy atom. The number of nitrogens with one attached hydrogen (secondary N) is 2. The second-order valence-corrected chi connectivity index (χ2v) is 6.32. The van der Waals surface area contributed by atoms with Gasteiger partial charge in [0.25, 0.3) is 5.91 Å². The van der Waals surface area contributed by atoms with Crippen molar-refractivity contribution in [1.29, 1.82) is 0 Å². The number of aromatic nitrogens is 1. The Bertz CT molecular complexity index is 937. The second kappa shape index (κ2) is 8.90. The number of anilines is 1. The van der Waals surface area contributed by atoms with Gasteiger partial charge in [0.15, 0.2) is 0 Å². The second-order valence-electron chi connectivity index (χ2n) is 6.32. The molecule has 0 aliphatic heterocycles. The van der Waals surface area contributed by atoms with Crippen LogP contribution in [0.3, 0.4) is 0 Å². The Morgan fingerprint density at radius 1 is 1.04 bits per heavy atom. The summed E-state index contributed by atoms with van der Waals surface area (Å²) in [4.78, 5) is 25.1. The highest BCUT2D eigenvalue weighted by Crippen LogP contribution is 2.27. The minimum Gasteiger partial charge on any atom is -0.495 e. The van der Waals surface area contributed by atoms with E-state index in [1.54, 1.807) is 25.2 Å². The molecule has 0 radical (unpaired) electrons. The molecule has 6 nitrogen and oxygen atoms in total. The Labute approximate surface area is 164 Å². The number of ether oxygens (including phenoxy) is 1. The molecule has 144 valence electrons. The predicted octanol–water partition coefficient (Wildman–Crippen LogP) is 3.28. The minimum absolute atomic E-state index is 0.188. The average molecular weight is 377 g/mol. The lowest BCUT2D eigenvalue weighted by atomic mass is 10.0. The van der Waals surface area contributed by atoms with Gasteiger partial charge in [-0.15, -0.1) is 0 Å². The summed E-state index contributed by atoms with van der Waals surface area (Å²) in [5, 5.41) is 5.51. The van der Waals surface area contributed by atoms with Crippen LogP contribution in [0.2, 0.25) is 0 Å². The third-order valence-corrected chi connectivity index (χ3v) is 4.51. The number of hydrogen-bond donors (Lipinski definition) is 2. The molecule has 1 atom stereocenters. The normalized spacial score (nSPS) is 11.5. The molecule has 6 heteroatoms. The molecule has 1 heterocycles. The first-order chi connectivity index (χ1) is 13.6. The van der Waals surface area contributed by atoms with E-state index in [2.05, 4.69) is 10.6 Å². The first-order valence-corrected chi connectivity index (χ1v) is 8.99. The van der Waals surface area contributed by atoms with Gasteiger partial charge in [0.1, 0.15) is 11.8 Å². The molecule has 3 aromatic rings. The van der Waals surface area contributed by atoms with E-state index in [0.717, 1.165) is 5.56 Å². The highest BCUT2D eigenvalue weighted by molar-refractivity contribution is 5.99. The quantitative estimate of drug-likeness (QED) is 0.664. The van der Waals surface area contributed by atoms with Gasteiger partial charge in [0.05, 0.1) is 12.8 Å². The van der Waals surface area contributed by atoms with Crippen LogP contribution in [-0.2, 0) is 11.2 Å². The summed E-state index contributed by atoms with van der Waals surface area (Å²) in [6.07, 6.45) is 4.27. The van der Waals surface area contributed by atoms with E-state index < -0.39 is 6.04 Å². The van der Waals surface area contributed by atoms with E-state index in [9.17, 15) is 9.59 Å². The third kappa shape index (κ3) is 4.40. The minimum atomic E-state index is -0.439. The van der Waals surface area contributed by atoms with Gasteiger partial charge in [-0.3, -0.25) is 9.59 Å². The van der Waals surface area contributed by atoms with Crippen molar-refractivity contribution in [2.24, 2.45) is 0 Å². The van der Waals surface area contributed by atoms with Crippen LogP contribution in [0.25, 0.3) is 0 Å². The molecule has 0 saturated carbocycles. The zero-order valence-corrected chi connectivity index (χ0v) is 15.9. The number of methoxy groups -OCH3 is 1. The van der Waals surface area contributed by atoms with Gasteiger partial charge in [-0.2, -0.15) is 0 Å². The molecule has 0 aliphatic carbocycles. The maximum atomic E-state index is 13.1. The Hall–Kier alpha value is -3.54. The van der Waals surface area contributed by atoms with Crippen molar-refractivity contribution in [3.8, 4) is 5.75 Å². The van der Waals surface area contributed by atoms with Crippen LogP contribution in [0, 0.1) is 0 Å². The monoisotopic (exact) mass is 377 g/mol. The van der Waals surface area contributed by atoms with Crippen LogP contribution in [0.1, 0.15) is 22.0 Å². The lowest BCUT2D eigenvalue weighted by Crippen LogP contribution is -2.27. The van der Waals surface area contributed by atoms with Gasteiger partial charge >= 0.3 is 0 Å². The van der Waals surface area contributed by atoms with Crippen molar-refractivity contribution in [2.75, 3.05) is 19.5 Å². The molecule has 2 amide bonds. The molecule has 28 heavy (non-hydrogen) atoms. The molecule has 0 unspecified atom stereocenters. The van der Waals surface area contributed by atoms with Gasteiger partial charge < -0.3 is 19.9 Å². The average Bonchev–Trinajstić information content (AvgIpc) is 3.26. The fourth-order valence-corrected chi connectivity index (χ4v) is 3.03. The molecular formula is C22H23N3O3. The van der Waals surface area contributed by atoms with E-state index in [1.165, 1.54) is 7.11 Å². The fourth-order valence-electron chi connectivity index (χ4n) is 3.03. The number of benzene rings is 2. The Kier molecular flexibility index (Phi) is 6.11. The molecule has 0 bridgehead atoms. The highest BCUT2D eigenvalue weighted by Gasteiger charge is 2.22. The van der Waals surface area contributed by atoms with E-state index in [4.69, 9.17) is 4.74 Å². The van der Waals surface area contributed by atoms with Gasteiger partial charge in [0.2, 0.25) is 5.91 Å². The molecule has 0 saturated heterocycles. The van der Waals surface area contributed by atoms with Crippen LogP contribution in [0.5, 0.6) is 5.75 Å². The van der Waals surface area contributed by atoms with Crippen molar-refractivity contribution in [2.45, 2.75) is 12.5 Å². The van der Waals surface area contributed by atoms with Gasteiger partial charge in [0, 0.05) is 31.4 Å². The molecule has 2 N–H and O–H groups in total. The first kappa shape index (κ1) is 19.2. The van der Waals surface area contributed by atoms with Crippen LogP contribution in [-0.4, -0.2) is 30.5 Å². The molecule has 2 aromatic carbocycles. The largest absolute Gasteiger partial charge is 0.495 e. The summed E-state index contributed by atoms with van der Waals surface area (Å²) >= 11 is 0. The number of carbonyl (C=O) groups is 2. The predicted molar refractivity (Wildman–Crippen MR) is 109 cm³/mol. The van der Waals surface area contributed by atoms with Crippen molar-refractivity contribution in [1.82, 2.24) is 9.88 Å². The van der Waals surface area contributed by atoms with Crippen LogP contribution < -0.4 is 15.4 Å². The van der Waals surface area contributed by atoms with Crippen molar-refractivity contribution in [3.63, 3.8) is 0 Å². The van der Waals surface area contributed by atoms with Crippen LogP contribution in [0.4, 0.5) is 5.69 Å². The van der Waals surface area contributed by atoms with Crippen molar-refractivity contribution < 1.29 is 14.3 Å². The summed E-state index contributed by atoms with van der Waals surface area (Å²) in [6, 6.07) is 18.1. The van der Waals surface area contributed by atoms with Crippen molar-refractivity contribution >= 4 is 17.5 Å². The lowest BCUT2D eigenvalue weighted by molar-refractivity contribution is -0.119. The summed E-state index contributed by atoms with van der Waals surface area (Å²) < 4.78 is 7.22. The molecule has 0 aliphatic rings. The first-order valence-electron chi connectivity index (χ1n) is 8.99. The number of hydrogen-bond acceptors (Lipinski definition) is 3.